The molecule has 0 saturated heterocycles. The van der Waals surface area contributed by atoms with E-state index in [1.54, 1.807) is 12.5 Å². The molecule has 28 heavy (non-hydrogen) atoms. The number of nitrogens with zero attached hydrogens (tertiary/aromatic N) is 4. The minimum atomic E-state index is -0.0146. The number of para-hydroxylation sites is 1. The van der Waals surface area contributed by atoms with Crippen LogP contribution in [0.15, 0.2) is 66.0 Å². The fourth-order valence-electron chi connectivity index (χ4n) is 3.46. The fourth-order valence-corrected chi connectivity index (χ4v) is 3.46. The topological polar surface area (TPSA) is 90.9 Å². The van der Waals surface area contributed by atoms with Gasteiger partial charge in [-0.05, 0) is 31.2 Å². The monoisotopic (exact) mass is 369 g/mol. The maximum absolute atomic E-state index is 4.92. The van der Waals surface area contributed by atoms with E-state index in [-0.39, 0.29) is 6.04 Å². The Morgan fingerprint density at radius 1 is 1.07 bits per heavy atom. The van der Waals surface area contributed by atoms with E-state index in [0.29, 0.717) is 6.67 Å². The van der Waals surface area contributed by atoms with Gasteiger partial charge in [0, 0.05) is 17.1 Å². The summed E-state index contributed by atoms with van der Waals surface area (Å²) >= 11 is 0. The Kier molecular flexibility index (Phi) is 3.97. The maximum Gasteiger partial charge on any atom is 0.158 e. The average Bonchev–Trinajstić information content (AvgIpc) is 3.23. The Morgan fingerprint density at radius 2 is 1.96 bits per heavy atom. The van der Waals surface area contributed by atoms with E-state index in [4.69, 9.17) is 4.98 Å². The molecule has 0 amide bonds. The Labute approximate surface area is 161 Å². The summed E-state index contributed by atoms with van der Waals surface area (Å²) in [6, 6.07) is 16.2. The Hall–Kier alpha value is -3.74. The van der Waals surface area contributed by atoms with Gasteiger partial charge in [0.1, 0.15) is 17.8 Å². The molecule has 1 aromatic carbocycles. The first-order chi connectivity index (χ1) is 13.8. The van der Waals surface area contributed by atoms with Gasteiger partial charge in [-0.15, -0.1) is 0 Å². The van der Waals surface area contributed by atoms with Crippen LogP contribution in [0.2, 0.25) is 0 Å². The second-order valence-corrected chi connectivity index (χ2v) is 6.67. The quantitative estimate of drug-likeness (QED) is 0.508. The zero-order valence-corrected chi connectivity index (χ0v) is 15.3. The molecule has 1 aliphatic heterocycles. The molecule has 0 fully saturated rings. The lowest BCUT2D eigenvalue weighted by atomic mass is 10.0. The second kappa shape index (κ2) is 6.77. The summed E-state index contributed by atoms with van der Waals surface area (Å²) in [7, 11) is 0. The third-order valence-electron chi connectivity index (χ3n) is 4.84. The van der Waals surface area contributed by atoms with Crippen LogP contribution in [0, 0.1) is 0 Å². The third-order valence-corrected chi connectivity index (χ3v) is 4.84. The Morgan fingerprint density at radius 3 is 2.86 bits per heavy atom. The number of aromatic nitrogens is 4. The van der Waals surface area contributed by atoms with Crippen molar-refractivity contribution in [3.8, 4) is 11.4 Å². The molecule has 3 aromatic heterocycles. The van der Waals surface area contributed by atoms with Crippen molar-refractivity contribution in [2.24, 2.45) is 4.99 Å². The van der Waals surface area contributed by atoms with E-state index in [2.05, 4.69) is 49.6 Å². The van der Waals surface area contributed by atoms with Crippen LogP contribution in [-0.4, -0.2) is 26.6 Å². The molecule has 0 spiro atoms. The highest BCUT2D eigenvalue weighted by molar-refractivity contribution is 5.83. The Balaban J connectivity index is 1.63. The number of pyridine rings is 2. The lowest BCUT2D eigenvalue weighted by Gasteiger charge is -2.22. The van der Waals surface area contributed by atoms with Gasteiger partial charge < -0.3 is 15.6 Å². The molecule has 7 heteroatoms. The van der Waals surface area contributed by atoms with Gasteiger partial charge in [0.05, 0.1) is 29.3 Å². The first kappa shape index (κ1) is 16.4. The minimum absolute atomic E-state index is 0.0146. The lowest BCUT2D eigenvalue weighted by Crippen LogP contribution is -2.44. The number of hydrogen-bond acceptors (Lipinski definition) is 6. The molecule has 4 aromatic rings. The zero-order chi connectivity index (χ0) is 18.9. The summed E-state index contributed by atoms with van der Waals surface area (Å²) in [5.74, 6) is 0.860. The number of benzene rings is 1. The molecule has 5 rings (SSSR count). The fraction of sp³-hybridized carbons (Fsp3) is 0.143. The third kappa shape index (κ3) is 2.87. The number of nitrogens with one attached hydrogen (secondary N) is 3. The van der Waals surface area contributed by atoms with E-state index in [1.807, 2.05) is 36.4 Å². The van der Waals surface area contributed by atoms with Gasteiger partial charge in [-0.3, -0.25) is 4.98 Å². The van der Waals surface area contributed by atoms with Gasteiger partial charge in [0.25, 0.3) is 0 Å². The molecule has 7 nitrogen and oxygen atoms in total. The number of H-pyrrole nitrogens is 1. The highest BCUT2D eigenvalue weighted by Gasteiger charge is 2.18. The maximum atomic E-state index is 4.92. The van der Waals surface area contributed by atoms with Gasteiger partial charge in [0.2, 0.25) is 0 Å². The van der Waals surface area contributed by atoms with Gasteiger partial charge in [-0.1, -0.05) is 24.3 Å². The highest BCUT2D eigenvalue weighted by Crippen LogP contribution is 2.29. The average molecular weight is 369 g/mol. The first-order valence-corrected chi connectivity index (χ1v) is 9.19. The molecule has 3 N–H and O–H groups in total. The molecule has 4 heterocycles. The normalized spacial score (nSPS) is 14.1. The van der Waals surface area contributed by atoms with Gasteiger partial charge in [0.15, 0.2) is 5.49 Å². The van der Waals surface area contributed by atoms with E-state index < -0.39 is 0 Å². The zero-order valence-electron chi connectivity index (χ0n) is 15.3. The number of fused-ring (bicyclic) bond motifs is 2. The van der Waals surface area contributed by atoms with Crippen molar-refractivity contribution in [2.75, 3.05) is 6.67 Å². The predicted molar refractivity (Wildman–Crippen MR) is 107 cm³/mol. The van der Waals surface area contributed by atoms with Gasteiger partial charge in [-0.25, -0.2) is 15.0 Å². The van der Waals surface area contributed by atoms with Crippen molar-refractivity contribution >= 4 is 16.7 Å². The second-order valence-electron chi connectivity index (χ2n) is 6.67. The number of imidazole rings is 1. The van der Waals surface area contributed by atoms with Gasteiger partial charge >= 0.3 is 0 Å². The van der Waals surface area contributed by atoms with Crippen LogP contribution >= 0.6 is 0 Å². The molecule has 0 unspecified atom stereocenters. The Bertz CT molecular complexity index is 1260. The summed E-state index contributed by atoms with van der Waals surface area (Å²) in [6.45, 7) is 2.62. The first-order valence-electron chi connectivity index (χ1n) is 9.19. The van der Waals surface area contributed by atoms with Crippen LogP contribution in [0.1, 0.15) is 18.5 Å². The highest BCUT2D eigenvalue weighted by atomic mass is 15.2. The molecule has 0 radical (unpaired) electrons. The summed E-state index contributed by atoms with van der Waals surface area (Å²) in [4.78, 5) is 21.3. The lowest BCUT2D eigenvalue weighted by molar-refractivity contribution is 0.646. The van der Waals surface area contributed by atoms with E-state index in [0.717, 1.165) is 44.5 Å². The van der Waals surface area contributed by atoms with Crippen LogP contribution in [0.4, 0.5) is 0 Å². The number of rotatable bonds is 4. The van der Waals surface area contributed by atoms with Crippen LogP contribution in [0.3, 0.4) is 0 Å². The van der Waals surface area contributed by atoms with Crippen molar-refractivity contribution < 1.29 is 0 Å². The summed E-state index contributed by atoms with van der Waals surface area (Å²) in [5, 5.41) is 8.72. The summed E-state index contributed by atoms with van der Waals surface area (Å²) in [6.07, 6.45) is 3.45. The predicted octanol–water partition coefficient (Wildman–Crippen LogP) is 1.62. The molecule has 0 saturated carbocycles. The van der Waals surface area contributed by atoms with Crippen LogP contribution in [-0.2, 0) is 0 Å². The van der Waals surface area contributed by atoms with E-state index >= 15 is 0 Å². The van der Waals surface area contributed by atoms with Crippen molar-refractivity contribution in [3.05, 3.63) is 77.5 Å². The standard InChI is InChI=1S/C21H19N7/c1-13(27-21-19-20(24-11-23-19)25-12-26-21)15-10-14-6-2-3-7-16(14)28-18(15)17-8-4-5-9-22-17/h2-11,13,26-27H,12H2,1H3,(H,23,24,25)/t13-/m0/s1. The number of hydrogen-bond donors (Lipinski definition) is 3. The molecule has 1 aliphatic rings. The van der Waals surface area contributed by atoms with E-state index in [1.165, 1.54) is 0 Å². The van der Waals surface area contributed by atoms with Crippen LogP contribution in [0.5, 0.6) is 0 Å². The molecule has 0 bridgehead atoms. The molecular formula is C21H19N7. The molecule has 0 aliphatic carbocycles. The van der Waals surface area contributed by atoms with Crippen molar-refractivity contribution in [1.29, 1.82) is 0 Å². The molecule has 1 atom stereocenters. The molecule has 138 valence electrons. The molecular weight excluding hydrogens is 350 g/mol. The summed E-state index contributed by atoms with van der Waals surface area (Å²) < 4.78 is 0. The van der Waals surface area contributed by atoms with Crippen molar-refractivity contribution in [1.82, 2.24) is 30.6 Å². The number of aromatic amines is 1. The smallest absolute Gasteiger partial charge is 0.158 e. The van der Waals surface area contributed by atoms with Crippen LogP contribution in [0.25, 0.3) is 28.1 Å². The SMILES string of the molecule is C[C@H](NC1=c2nc[nH]c2=NCN1)c1cc2ccccc2nc1-c1ccccn1. The van der Waals surface area contributed by atoms with Gasteiger partial charge in [-0.2, -0.15) is 0 Å². The van der Waals surface area contributed by atoms with Crippen LogP contribution < -0.4 is 21.5 Å². The summed E-state index contributed by atoms with van der Waals surface area (Å²) in [5.41, 5.74) is 4.55. The minimum Gasteiger partial charge on any atom is -0.363 e. The van der Waals surface area contributed by atoms with Crippen molar-refractivity contribution in [2.45, 2.75) is 13.0 Å². The largest absolute Gasteiger partial charge is 0.363 e. The van der Waals surface area contributed by atoms with Crippen molar-refractivity contribution in [3.63, 3.8) is 0 Å². The van der Waals surface area contributed by atoms with E-state index in [9.17, 15) is 0 Å².